The van der Waals surface area contributed by atoms with E-state index in [1.54, 1.807) is 0 Å². The molecule has 146 valence electrons. The maximum atomic E-state index is 10.8. The first-order valence-electron chi connectivity index (χ1n) is 8.85. The topological polar surface area (TPSA) is 105 Å². The molecule has 2 aromatic carbocycles. The highest BCUT2D eigenvalue weighted by Gasteiger charge is 2.20. The molecule has 27 heavy (non-hydrogen) atoms. The number of para-hydroxylation sites is 1. The van der Waals surface area contributed by atoms with Crippen molar-refractivity contribution in [2.75, 3.05) is 13.2 Å². The van der Waals surface area contributed by atoms with Crippen LogP contribution < -0.4 is 10.1 Å². The van der Waals surface area contributed by atoms with Gasteiger partial charge in [0.15, 0.2) is 5.75 Å². The number of aliphatic hydroxyl groups excluding tert-OH is 1. The van der Waals surface area contributed by atoms with E-state index in [1.807, 2.05) is 18.2 Å². The van der Waals surface area contributed by atoms with Crippen molar-refractivity contribution in [1.29, 1.82) is 0 Å². The van der Waals surface area contributed by atoms with Crippen LogP contribution in [0.15, 0.2) is 48.5 Å². The van der Waals surface area contributed by atoms with Gasteiger partial charge in [0.1, 0.15) is 12.7 Å². The average molecular weight is 374 g/mol. The molecule has 0 aliphatic heterocycles. The Bertz CT molecular complexity index is 749. The van der Waals surface area contributed by atoms with Crippen LogP contribution in [-0.2, 0) is 6.42 Å². The number of nitrogens with one attached hydrogen (secondary N) is 1. The zero-order chi connectivity index (χ0) is 19.9. The summed E-state index contributed by atoms with van der Waals surface area (Å²) in [5.74, 6) is -0.558. The molecule has 0 saturated carbocycles. The lowest BCUT2D eigenvalue weighted by molar-refractivity contribution is -0.386. The number of aliphatic hydroxyl groups is 1. The average Bonchev–Trinajstić information content (AvgIpc) is 2.65. The predicted molar refractivity (Wildman–Crippen MR) is 103 cm³/mol. The van der Waals surface area contributed by atoms with Gasteiger partial charge in [0.05, 0.1) is 4.92 Å². The Labute approximate surface area is 158 Å². The summed E-state index contributed by atoms with van der Waals surface area (Å²) in [4.78, 5) is 10.1. The van der Waals surface area contributed by atoms with Crippen LogP contribution >= 0.6 is 0 Å². The van der Waals surface area contributed by atoms with Crippen molar-refractivity contribution >= 4 is 5.69 Å². The quantitative estimate of drug-likeness (QED) is 0.436. The number of hydrogen-bond donors (Lipinski definition) is 3. The minimum Gasteiger partial charge on any atom is -0.500 e. The highest BCUT2D eigenvalue weighted by atomic mass is 16.6. The summed E-state index contributed by atoms with van der Waals surface area (Å²) < 4.78 is 5.34. The van der Waals surface area contributed by atoms with Crippen molar-refractivity contribution in [3.63, 3.8) is 0 Å². The highest BCUT2D eigenvalue weighted by Crippen LogP contribution is 2.35. The Balaban J connectivity index is 1.79. The molecule has 1 atom stereocenters. The second kappa shape index (κ2) is 9.34. The number of nitro groups is 1. The summed E-state index contributed by atoms with van der Waals surface area (Å²) in [5.41, 5.74) is 0.657. The van der Waals surface area contributed by atoms with Gasteiger partial charge in [0.25, 0.3) is 0 Å². The first kappa shape index (κ1) is 20.7. The Morgan fingerprint density at radius 1 is 1.19 bits per heavy atom. The van der Waals surface area contributed by atoms with Crippen LogP contribution in [0, 0.1) is 10.1 Å². The normalized spacial score (nSPS) is 12.6. The van der Waals surface area contributed by atoms with Crippen molar-refractivity contribution in [3.8, 4) is 11.5 Å². The van der Waals surface area contributed by atoms with Crippen LogP contribution in [-0.4, -0.2) is 39.9 Å². The van der Waals surface area contributed by atoms with Crippen LogP contribution in [0.3, 0.4) is 0 Å². The van der Waals surface area contributed by atoms with Gasteiger partial charge >= 0.3 is 5.69 Å². The zero-order valence-corrected chi connectivity index (χ0v) is 15.6. The Kier molecular flexibility index (Phi) is 7.15. The van der Waals surface area contributed by atoms with Crippen LogP contribution in [0.5, 0.6) is 11.5 Å². The van der Waals surface area contributed by atoms with E-state index in [0.717, 1.165) is 12.8 Å². The number of phenolic OH excluding ortho intramolecular Hbond substituents is 1. The van der Waals surface area contributed by atoms with Gasteiger partial charge in [-0.25, -0.2) is 0 Å². The molecule has 1 unspecified atom stereocenters. The number of hydrogen-bond acceptors (Lipinski definition) is 6. The fourth-order valence-corrected chi connectivity index (χ4v) is 2.60. The van der Waals surface area contributed by atoms with Crippen molar-refractivity contribution in [2.45, 2.75) is 38.3 Å². The zero-order valence-electron chi connectivity index (χ0n) is 15.6. The van der Waals surface area contributed by atoms with E-state index in [9.17, 15) is 20.3 Å². The Morgan fingerprint density at radius 2 is 1.89 bits per heavy atom. The SMILES string of the molecule is CC(C)(CCc1ccccc1)NCC(O)COc1cccc([N+](=O)[O-])c1O. The molecular formula is C20H26N2O5. The monoisotopic (exact) mass is 374 g/mol. The molecule has 7 heteroatoms. The van der Waals surface area contributed by atoms with E-state index >= 15 is 0 Å². The molecule has 0 aliphatic carbocycles. The molecule has 0 spiro atoms. The van der Waals surface area contributed by atoms with Crippen molar-refractivity contribution in [1.82, 2.24) is 5.32 Å². The first-order valence-corrected chi connectivity index (χ1v) is 8.85. The van der Waals surface area contributed by atoms with Gasteiger partial charge in [-0.2, -0.15) is 0 Å². The van der Waals surface area contributed by atoms with Gasteiger partial charge in [-0.1, -0.05) is 36.4 Å². The first-order chi connectivity index (χ1) is 12.8. The molecule has 0 heterocycles. The smallest absolute Gasteiger partial charge is 0.314 e. The number of aryl methyl sites for hydroxylation is 1. The van der Waals surface area contributed by atoms with Gasteiger partial charge in [0, 0.05) is 18.2 Å². The molecule has 0 bridgehead atoms. The molecular weight excluding hydrogens is 348 g/mol. The van der Waals surface area contributed by atoms with Crippen LogP contribution in [0.1, 0.15) is 25.8 Å². The third-order valence-electron chi connectivity index (χ3n) is 4.30. The maximum absolute atomic E-state index is 10.8. The standard InChI is InChI=1S/C20H26N2O5/c1-20(2,12-11-15-7-4-3-5-8-15)21-13-16(23)14-27-18-10-6-9-17(19(18)24)22(25)26/h3-10,16,21,23-24H,11-14H2,1-2H3. The van der Waals surface area contributed by atoms with Gasteiger partial charge in [-0.05, 0) is 38.3 Å². The molecule has 2 rings (SSSR count). The Hall–Kier alpha value is -2.64. The fourth-order valence-electron chi connectivity index (χ4n) is 2.60. The Morgan fingerprint density at radius 3 is 2.56 bits per heavy atom. The predicted octanol–water partition coefficient (Wildman–Crippen LogP) is 3.04. The summed E-state index contributed by atoms with van der Waals surface area (Å²) in [6, 6.07) is 14.2. The summed E-state index contributed by atoms with van der Waals surface area (Å²) in [6.07, 6.45) is 1.00. The largest absolute Gasteiger partial charge is 0.500 e. The molecule has 3 N–H and O–H groups in total. The molecule has 7 nitrogen and oxygen atoms in total. The van der Waals surface area contributed by atoms with E-state index in [1.165, 1.54) is 23.8 Å². The van der Waals surface area contributed by atoms with Gasteiger partial charge < -0.3 is 20.3 Å². The summed E-state index contributed by atoms with van der Waals surface area (Å²) in [5, 5.41) is 34.1. The number of β-amino-alcohol motifs (C(OH)–C–C–N with tert-alkyl or cyclic N) is 1. The second-order valence-corrected chi connectivity index (χ2v) is 7.10. The van der Waals surface area contributed by atoms with Gasteiger partial charge in [-0.15, -0.1) is 0 Å². The number of nitro benzene ring substituents is 1. The number of nitrogens with zero attached hydrogens (tertiary/aromatic N) is 1. The van der Waals surface area contributed by atoms with E-state index in [0.29, 0.717) is 6.54 Å². The lowest BCUT2D eigenvalue weighted by atomic mass is 9.95. The van der Waals surface area contributed by atoms with Gasteiger partial charge in [0.2, 0.25) is 5.75 Å². The molecule has 0 radical (unpaired) electrons. The van der Waals surface area contributed by atoms with E-state index in [2.05, 4.69) is 31.3 Å². The van der Waals surface area contributed by atoms with Crippen molar-refractivity contribution in [2.24, 2.45) is 0 Å². The lowest BCUT2D eigenvalue weighted by Gasteiger charge is -2.28. The molecule has 0 aromatic heterocycles. The van der Waals surface area contributed by atoms with Crippen LogP contribution in [0.25, 0.3) is 0 Å². The van der Waals surface area contributed by atoms with Crippen LogP contribution in [0.4, 0.5) is 5.69 Å². The molecule has 0 aliphatic rings. The number of phenols is 1. The second-order valence-electron chi connectivity index (χ2n) is 7.10. The summed E-state index contributed by atoms with van der Waals surface area (Å²) in [6.45, 7) is 4.35. The van der Waals surface area contributed by atoms with E-state index in [-0.39, 0.29) is 17.9 Å². The number of rotatable bonds is 10. The summed E-state index contributed by atoms with van der Waals surface area (Å²) in [7, 11) is 0. The molecule has 2 aromatic rings. The molecule has 0 fully saturated rings. The minimum absolute atomic E-state index is 0.0217. The third kappa shape index (κ3) is 6.54. The number of benzene rings is 2. The number of ether oxygens (including phenoxy) is 1. The highest BCUT2D eigenvalue weighted by molar-refractivity contribution is 5.54. The van der Waals surface area contributed by atoms with E-state index < -0.39 is 22.5 Å². The lowest BCUT2D eigenvalue weighted by Crippen LogP contribution is -2.45. The molecule has 0 amide bonds. The number of aromatic hydroxyl groups is 1. The van der Waals surface area contributed by atoms with E-state index in [4.69, 9.17) is 4.74 Å². The summed E-state index contributed by atoms with van der Waals surface area (Å²) >= 11 is 0. The minimum atomic E-state index is -0.820. The van der Waals surface area contributed by atoms with Crippen molar-refractivity contribution in [3.05, 3.63) is 64.2 Å². The third-order valence-corrected chi connectivity index (χ3v) is 4.30. The van der Waals surface area contributed by atoms with Gasteiger partial charge in [-0.3, -0.25) is 10.1 Å². The fraction of sp³-hybridized carbons (Fsp3) is 0.400. The maximum Gasteiger partial charge on any atom is 0.314 e. The van der Waals surface area contributed by atoms with Crippen LogP contribution in [0.2, 0.25) is 0 Å². The molecule has 0 saturated heterocycles. The van der Waals surface area contributed by atoms with Crippen molar-refractivity contribution < 1.29 is 19.9 Å².